The van der Waals surface area contributed by atoms with Gasteiger partial charge in [0, 0.05) is 0 Å². The summed E-state index contributed by atoms with van der Waals surface area (Å²) in [6, 6.07) is 5.66. The molecule has 0 radical (unpaired) electrons. The number of hydrogen-bond donors (Lipinski definition) is 0. The quantitative estimate of drug-likeness (QED) is 0.645. The van der Waals surface area contributed by atoms with Crippen molar-refractivity contribution in [1.29, 1.82) is 0 Å². The topological polar surface area (TPSA) is 0 Å². The minimum absolute atomic E-state index is 0.0748. The third kappa shape index (κ3) is 3.62. The Bertz CT molecular complexity index is 364. The van der Waals surface area contributed by atoms with Crippen LogP contribution in [0.25, 0.3) is 0 Å². The molecule has 0 atom stereocenters. The Labute approximate surface area is 98.9 Å². The molecule has 0 aliphatic carbocycles. The Morgan fingerprint density at radius 3 is 1.94 bits per heavy atom. The first-order valence-corrected chi connectivity index (χ1v) is 5.88. The summed E-state index contributed by atoms with van der Waals surface area (Å²) in [5.74, 6) is -0.0748. The molecule has 0 unspecified atom stereocenters. The summed E-state index contributed by atoms with van der Waals surface area (Å²) in [4.78, 5) is 0. The Morgan fingerprint density at radius 2 is 1.56 bits per heavy atom. The maximum atomic E-state index is 13.9. The highest BCUT2D eigenvalue weighted by Gasteiger charge is 2.19. The zero-order valence-corrected chi connectivity index (χ0v) is 11.3. The van der Waals surface area contributed by atoms with Crippen LogP contribution in [0, 0.1) is 11.2 Å². The summed E-state index contributed by atoms with van der Waals surface area (Å²) in [6.45, 7) is 12.6. The molecular formula is C15H23F. The van der Waals surface area contributed by atoms with Crippen molar-refractivity contribution >= 4 is 0 Å². The minimum Gasteiger partial charge on any atom is -0.207 e. The molecule has 1 aromatic carbocycles. The molecule has 0 saturated heterocycles. The van der Waals surface area contributed by atoms with Crippen molar-refractivity contribution in [3.63, 3.8) is 0 Å². The zero-order valence-electron chi connectivity index (χ0n) is 11.3. The van der Waals surface area contributed by atoms with Crippen LogP contribution in [-0.4, -0.2) is 0 Å². The van der Waals surface area contributed by atoms with Gasteiger partial charge in [0.25, 0.3) is 0 Å². The van der Waals surface area contributed by atoms with Gasteiger partial charge in [0.1, 0.15) is 5.82 Å². The Morgan fingerprint density at radius 1 is 1.00 bits per heavy atom. The average molecular weight is 222 g/mol. The molecule has 0 N–H and O–H groups in total. The molecule has 1 heteroatoms. The van der Waals surface area contributed by atoms with E-state index in [9.17, 15) is 4.39 Å². The van der Waals surface area contributed by atoms with Crippen molar-refractivity contribution in [2.75, 3.05) is 0 Å². The van der Waals surface area contributed by atoms with E-state index in [0.29, 0.717) is 0 Å². The van der Waals surface area contributed by atoms with E-state index in [1.165, 1.54) is 0 Å². The van der Waals surface area contributed by atoms with Crippen LogP contribution in [0.15, 0.2) is 18.2 Å². The third-order valence-electron chi connectivity index (χ3n) is 2.58. The van der Waals surface area contributed by atoms with Gasteiger partial charge in [-0.2, -0.15) is 0 Å². The van der Waals surface area contributed by atoms with Crippen LogP contribution in [0.1, 0.15) is 52.7 Å². The molecule has 0 aromatic heterocycles. The molecule has 90 valence electrons. The summed E-state index contributed by atoms with van der Waals surface area (Å²) < 4.78 is 13.9. The second kappa shape index (κ2) is 4.20. The van der Waals surface area contributed by atoms with Crippen LogP contribution < -0.4 is 0 Å². The highest BCUT2D eigenvalue weighted by molar-refractivity contribution is 5.29. The van der Waals surface area contributed by atoms with Gasteiger partial charge in [0.2, 0.25) is 0 Å². The normalized spacial score (nSPS) is 12.9. The molecule has 1 rings (SSSR count). The molecule has 0 spiro atoms. The van der Waals surface area contributed by atoms with Crippen molar-refractivity contribution in [3.05, 3.63) is 35.1 Å². The molecule has 0 amide bonds. The third-order valence-corrected chi connectivity index (χ3v) is 2.58. The monoisotopic (exact) mass is 222 g/mol. The van der Waals surface area contributed by atoms with Crippen molar-refractivity contribution in [1.82, 2.24) is 0 Å². The van der Waals surface area contributed by atoms with Crippen LogP contribution in [0.3, 0.4) is 0 Å². The second-order valence-electron chi connectivity index (χ2n) is 6.80. The summed E-state index contributed by atoms with van der Waals surface area (Å²) >= 11 is 0. The van der Waals surface area contributed by atoms with Gasteiger partial charge in [-0.1, -0.05) is 53.7 Å². The lowest BCUT2D eigenvalue weighted by Gasteiger charge is -2.22. The summed E-state index contributed by atoms with van der Waals surface area (Å²) in [6.07, 6.45) is 0.911. The average Bonchev–Trinajstić information content (AvgIpc) is 1.97. The van der Waals surface area contributed by atoms with Crippen molar-refractivity contribution in [2.45, 2.75) is 53.4 Å². The number of benzene rings is 1. The first-order valence-electron chi connectivity index (χ1n) is 5.88. The van der Waals surface area contributed by atoms with Crippen LogP contribution in [0.4, 0.5) is 4.39 Å². The maximum absolute atomic E-state index is 13.9. The van der Waals surface area contributed by atoms with Gasteiger partial charge >= 0.3 is 0 Å². The van der Waals surface area contributed by atoms with E-state index in [4.69, 9.17) is 0 Å². The van der Waals surface area contributed by atoms with Crippen LogP contribution >= 0.6 is 0 Å². The largest absolute Gasteiger partial charge is 0.207 e. The molecular weight excluding hydrogens is 199 g/mol. The lowest BCUT2D eigenvalue weighted by Crippen LogP contribution is -2.15. The predicted molar refractivity (Wildman–Crippen MR) is 68.3 cm³/mol. The first kappa shape index (κ1) is 13.2. The van der Waals surface area contributed by atoms with Crippen molar-refractivity contribution < 1.29 is 4.39 Å². The minimum atomic E-state index is -0.121. The van der Waals surface area contributed by atoms with E-state index in [0.717, 1.165) is 17.5 Å². The van der Waals surface area contributed by atoms with Gasteiger partial charge in [0.05, 0.1) is 0 Å². The van der Waals surface area contributed by atoms with Gasteiger partial charge in [-0.15, -0.1) is 0 Å². The fraction of sp³-hybridized carbons (Fsp3) is 0.600. The van der Waals surface area contributed by atoms with Gasteiger partial charge in [-0.3, -0.25) is 0 Å². The second-order valence-corrected chi connectivity index (χ2v) is 6.80. The number of rotatable bonds is 1. The molecule has 0 nitrogen and oxygen atoms in total. The summed E-state index contributed by atoms with van der Waals surface area (Å²) in [5.41, 5.74) is 1.96. The van der Waals surface area contributed by atoms with Gasteiger partial charge in [0.15, 0.2) is 0 Å². The van der Waals surface area contributed by atoms with Crippen molar-refractivity contribution in [2.24, 2.45) is 5.41 Å². The lowest BCUT2D eigenvalue weighted by molar-refractivity contribution is 0.409. The number of hydrogen-bond acceptors (Lipinski definition) is 0. The highest BCUT2D eigenvalue weighted by Crippen LogP contribution is 2.27. The first-order chi connectivity index (χ1) is 7.09. The Balaban J connectivity index is 3.01. The van der Waals surface area contributed by atoms with Crippen LogP contribution in [0.2, 0.25) is 0 Å². The fourth-order valence-corrected chi connectivity index (χ4v) is 1.89. The molecule has 0 bridgehead atoms. The molecule has 16 heavy (non-hydrogen) atoms. The van der Waals surface area contributed by atoms with Crippen LogP contribution in [-0.2, 0) is 11.8 Å². The maximum Gasteiger partial charge on any atom is 0.127 e. The van der Waals surface area contributed by atoms with E-state index in [1.54, 1.807) is 6.07 Å². The van der Waals surface area contributed by atoms with E-state index in [1.807, 2.05) is 26.8 Å². The molecule has 0 saturated carbocycles. The summed E-state index contributed by atoms with van der Waals surface area (Å²) in [5, 5.41) is 0. The van der Waals surface area contributed by atoms with Gasteiger partial charge < -0.3 is 0 Å². The van der Waals surface area contributed by atoms with Gasteiger partial charge in [-0.05, 0) is 34.4 Å². The molecule has 1 aromatic rings. The molecule has 0 heterocycles. The lowest BCUT2D eigenvalue weighted by atomic mass is 9.83. The van der Waals surface area contributed by atoms with E-state index in [2.05, 4.69) is 26.8 Å². The Kier molecular flexibility index (Phi) is 3.47. The van der Waals surface area contributed by atoms with E-state index in [-0.39, 0.29) is 16.6 Å². The molecule has 0 aliphatic rings. The molecule has 0 fully saturated rings. The van der Waals surface area contributed by atoms with E-state index >= 15 is 0 Å². The van der Waals surface area contributed by atoms with E-state index < -0.39 is 0 Å². The smallest absolute Gasteiger partial charge is 0.127 e. The zero-order chi connectivity index (χ0) is 12.6. The highest BCUT2D eigenvalue weighted by atomic mass is 19.1. The molecule has 0 aliphatic heterocycles. The summed E-state index contributed by atoms with van der Waals surface area (Å²) in [7, 11) is 0. The Hall–Kier alpha value is -0.850. The SMILES string of the molecule is CC(C)(C)Cc1ccc(C(C)(C)C)c(F)c1. The number of halogens is 1. The predicted octanol–water partition coefficient (Wildman–Crippen LogP) is 4.71. The fourth-order valence-electron chi connectivity index (χ4n) is 1.89. The van der Waals surface area contributed by atoms with Crippen LogP contribution in [0.5, 0.6) is 0 Å². The van der Waals surface area contributed by atoms with Crippen molar-refractivity contribution in [3.8, 4) is 0 Å². The standard InChI is InChI=1S/C15H23F/c1-14(2,3)10-11-7-8-12(13(16)9-11)15(4,5)6/h7-9H,10H2,1-6H3. The van der Waals surface area contributed by atoms with Gasteiger partial charge in [-0.25, -0.2) is 4.39 Å².